The molecule has 5 nitrogen and oxygen atoms in total. The highest BCUT2D eigenvalue weighted by Crippen LogP contribution is 2.08. The Morgan fingerprint density at radius 1 is 1.24 bits per heavy atom. The minimum atomic E-state index is -1.11. The molecule has 0 aliphatic heterocycles. The second-order valence-corrected chi connectivity index (χ2v) is 4.88. The van der Waals surface area contributed by atoms with Crippen molar-refractivity contribution in [3.05, 3.63) is 35.4 Å². The number of benzene rings is 1. The van der Waals surface area contributed by atoms with Gasteiger partial charge in [0.15, 0.2) is 0 Å². The molecule has 0 saturated carbocycles. The molecule has 0 aliphatic carbocycles. The van der Waals surface area contributed by atoms with Crippen LogP contribution in [-0.2, 0) is 11.2 Å². The Bertz CT molecular complexity index is 501. The van der Waals surface area contributed by atoms with E-state index in [4.69, 9.17) is 5.11 Å². The van der Waals surface area contributed by atoms with Gasteiger partial charge in [-0.1, -0.05) is 0 Å². The lowest BCUT2D eigenvalue weighted by molar-refractivity contribution is -0.138. The zero-order valence-electron chi connectivity index (χ0n) is 11.9. The number of hydrogen-bond acceptors (Lipinski definition) is 2. The number of amides is 2. The summed E-state index contributed by atoms with van der Waals surface area (Å²) in [5.41, 5.74) is 0.419. The molecule has 0 fully saturated rings. The van der Waals surface area contributed by atoms with Crippen molar-refractivity contribution in [1.29, 1.82) is 0 Å². The standard InChI is InChI=1S/C14H18F2N2O3/c1-9(2)18(8-13(19)20)14(21)17-4-3-10-5-11(15)7-12(16)6-10/h5-7,9H,3-4,8H2,1-2H3,(H,17,21)(H,19,20). The first-order chi connectivity index (χ1) is 9.79. The van der Waals surface area contributed by atoms with E-state index in [1.807, 2.05) is 0 Å². The van der Waals surface area contributed by atoms with Crippen molar-refractivity contribution in [2.45, 2.75) is 26.3 Å². The molecule has 0 aromatic heterocycles. The Labute approximate surface area is 121 Å². The molecule has 0 atom stereocenters. The van der Waals surface area contributed by atoms with E-state index in [9.17, 15) is 18.4 Å². The Hall–Kier alpha value is -2.18. The molecule has 7 heteroatoms. The van der Waals surface area contributed by atoms with Gasteiger partial charge in [-0.2, -0.15) is 0 Å². The highest BCUT2D eigenvalue weighted by Gasteiger charge is 2.19. The monoisotopic (exact) mass is 300 g/mol. The van der Waals surface area contributed by atoms with Gasteiger partial charge in [0.2, 0.25) is 0 Å². The maximum absolute atomic E-state index is 13.0. The summed E-state index contributed by atoms with van der Waals surface area (Å²) in [6.45, 7) is 3.15. The van der Waals surface area contributed by atoms with Crippen molar-refractivity contribution >= 4 is 12.0 Å². The zero-order valence-corrected chi connectivity index (χ0v) is 11.9. The van der Waals surface area contributed by atoms with Crippen LogP contribution in [0.2, 0.25) is 0 Å². The van der Waals surface area contributed by atoms with Gasteiger partial charge >= 0.3 is 12.0 Å². The largest absolute Gasteiger partial charge is 0.480 e. The number of urea groups is 1. The second-order valence-electron chi connectivity index (χ2n) is 4.88. The van der Waals surface area contributed by atoms with Gasteiger partial charge < -0.3 is 15.3 Å². The molecule has 0 aliphatic rings. The quantitative estimate of drug-likeness (QED) is 0.844. The minimum absolute atomic E-state index is 0.157. The number of carbonyl (C=O) groups excluding carboxylic acids is 1. The summed E-state index contributed by atoms with van der Waals surface area (Å²) in [6.07, 6.45) is 0.249. The summed E-state index contributed by atoms with van der Waals surface area (Å²) in [5, 5.41) is 11.3. The first-order valence-corrected chi connectivity index (χ1v) is 6.51. The summed E-state index contributed by atoms with van der Waals surface area (Å²) in [5.74, 6) is -2.46. The fourth-order valence-corrected chi connectivity index (χ4v) is 1.81. The third-order valence-corrected chi connectivity index (χ3v) is 2.80. The van der Waals surface area contributed by atoms with E-state index >= 15 is 0 Å². The van der Waals surface area contributed by atoms with Crippen LogP contribution in [0.25, 0.3) is 0 Å². The highest BCUT2D eigenvalue weighted by molar-refractivity contribution is 5.80. The van der Waals surface area contributed by atoms with Crippen molar-refractivity contribution in [1.82, 2.24) is 10.2 Å². The average Bonchev–Trinajstić information content (AvgIpc) is 2.34. The number of aliphatic carboxylic acids is 1. The Balaban J connectivity index is 2.53. The van der Waals surface area contributed by atoms with Crippen LogP contribution in [-0.4, -0.2) is 41.1 Å². The van der Waals surface area contributed by atoms with Crippen LogP contribution in [0.4, 0.5) is 13.6 Å². The second kappa shape index (κ2) is 7.56. The fourth-order valence-electron chi connectivity index (χ4n) is 1.81. The lowest BCUT2D eigenvalue weighted by Gasteiger charge is -2.25. The predicted molar refractivity (Wildman–Crippen MR) is 72.9 cm³/mol. The van der Waals surface area contributed by atoms with Crippen LogP contribution in [0.15, 0.2) is 18.2 Å². The molecule has 0 radical (unpaired) electrons. The maximum Gasteiger partial charge on any atom is 0.323 e. The van der Waals surface area contributed by atoms with Gasteiger partial charge in [0.1, 0.15) is 18.2 Å². The average molecular weight is 300 g/mol. The fraction of sp³-hybridized carbons (Fsp3) is 0.429. The van der Waals surface area contributed by atoms with Gasteiger partial charge in [-0.25, -0.2) is 13.6 Å². The predicted octanol–water partition coefficient (Wildman–Crippen LogP) is 2.01. The molecule has 0 saturated heterocycles. The number of carboxylic acid groups (broad SMARTS) is 1. The van der Waals surface area contributed by atoms with E-state index in [1.54, 1.807) is 13.8 Å². The van der Waals surface area contributed by atoms with Crippen molar-refractivity contribution in [3.63, 3.8) is 0 Å². The molecule has 0 spiro atoms. The zero-order chi connectivity index (χ0) is 16.0. The van der Waals surface area contributed by atoms with Crippen LogP contribution in [0.1, 0.15) is 19.4 Å². The van der Waals surface area contributed by atoms with Gasteiger partial charge in [0.25, 0.3) is 0 Å². The molecular weight excluding hydrogens is 282 g/mol. The van der Waals surface area contributed by atoms with E-state index < -0.39 is 30.2 Å². The maximum atomic E-state index is 13.0. The molecule has 0 bridgehead atoms. The van der Waals surface area contributed by atoms with Gasteiger partial charge in [0, 0.05) is 18.7 Å². The van der Waals surface area contributed by atoms with Gasteiger partial charge in [-0.15, -0.1) is 0 Å². The summed E-state index contributed by atoms with van der Waals surface area (Å²) < 4.78 is 26.0. The Morgan fingerprint density at radius 2 is 1.81 bits per heavy atom. The van der Waals surface area contributed by atoms with E-state index in [1.165, 1.54) is 12.1 Å². The molecule has 1 aromatic rings. The summed E-state index contributed by atoms with van der Waals surface area (Å²) >= 11 is 0. The minimum Gasteiger partial charge on any atom is -0.480 e. The van der Waals surface area contributed by atoms with Crippen LogP contribution < -0.4 is 5.32 Å². The summed E-state index contributed by atoms with van der Waals surface area (Å²) in [7, 11) is 0. The van der Waals surface area contributed by atoms with Crippen LogP contribution in [0.5, 0.6) is 0 Å². The third-order valence-electron chi connectivity index (χ3n) is 2.80. The Morgan fingerprint density at radius 3 is 2.29 bits per heavy atom. The van der Waals surface area contributed by atoms with Gasteiger partial charge in [0.05, 0.1) is 0 Å². The van der Waals surface area contributed by atoms with Crippen LogP contribution in [0.3, 0.4) is 0 Å². The van der Waals surface area contributed by atoms with E-state index in [0.29, 0.717) is 5.56 Å². The lowest BCUT2D eigenvalue weighted by atomic mass is 10.1. The topological polar surface area (TPSA) is 69.6 Å². The van der Waals surface area contributed by atoms with Gasteiger partial charge in [-0.05, 0) is 38.0 Å². The Kier molecular flexibility index (Phi) is 6.08. The first kappa shape index (κ1) is 16.9. The third kappa shape index (κ3) is 5.76. The molecule has 2 N–H and O–H groups in total. The first-order valence-electron chi connectivity index (χ1n) is 6.51. The van der Waals surface area contributed by atoms with Crippen molar-refractivity contribution in [3.8, 4) is 0 Å². The molecule has 21 heavy (non-hydrogen) atoms. The van der Waals surface area contributed by atoms with E-state index in [0.717, 1.165) is 11.0 Å². The lowest BCUT2D eigenvalue weighted by Crippen LogP contribution is -2.46. The van der Waals surface area contributed by atoms with Gasteiger partial charge in [-0.3, -0.25) is 4.79 Å². The normalized spacial score (nSPS) is 10.5. The van der Waals surface area contributed by atoms with E-state index in [2.05, 4.69) is 5.32 Å². The number of rotatable bonds is 6. The number of carboxylic acids is 1. The van der Waals surface area contributed by atoms with Crippen LogP contribution >= 0.6 is 0 Å². The van der Waals surface area contributed by atoms with E-state index in [-0.39, 0.29) is 19.0 Å². The van der Waals surface area contributed by atoms with Crippen molar-refractivity contribution < 1.29 is 23.5 Å². The molecule has 0 unspecified atom stereocenters. The molecular formula is C14H18F2N2O3. The molecule has 0 heterocycles. The molecule has 116 valence electrons. The smallest absolute Gasteiger partial charge is 0.323 e. The molecule has 2 amide bonds. The number of halogens is 2. The van der Waals surface area contributed by atoms with Crippen molar-refractivity contribution in [2.75, 3.05) is 13.1 Å². The number of carbonyl (C=O) groups is 2. The van der Waals surface area contributed by atoms with Crippen LogP contribution in [0, 0.1) is 11.6 Å². The number of hydrogen-bond donors (Lipinski definition) is 2. The number of nitrogens with one attached hydrogen (secondary N) is 1. The summed E-state index contributed by atoms with van der Waals surface area (Å²) in [4.78, 5) is 23.7. The SMILES string of the molecule is CC(C)N(CC(=O)O)C(=O)NCCc1cc(F)cc(F)c1. The number of nitrogens with zero attached hydrogens (tertiary/aromatic N) is 1. The van der Waals surface area contributed by atoms with Crippen molar-refractivity contribution in [2.24, 2.45) is 0 Å². The summed E-state index contributed by atoms with van der Waals surface area (Å²) in [6, 6.07) is 2.35. The highest BCUT2D eigenvalue weighted by atomic mass is 19.1. The molecule has 1 rings (SSSR count). The molecule has 1 aromatic carbocycles.